The van der Waals surface area contributed by atoms with E-state index in [2.05, 4.69) is 5.10 Å². The van der Waals surface area contributed by atoms with Crippen LogP contribution in [-0.4, -0.2) is 14.9 Å². The van der Waals surface area contributed by atoms with E-state index >= 15 is 0 Å². The van der Waals surface area contributed by atoms with Gasteiger partial charge in [0.1, 0.15) is 5.15 Å². The van der Waals surface area contributed by atoms with E-state index in [1.807, 2.05) is 51.1 Å². The summed E-state index contributed by atoms with van der Waals surface area (Å²) in [5.74, 6) is 0. The molecule has 2 aromatic rings. The van der Waals surface area contributed by atoms with Gasteiger partial charge in [0.2, 0.25) is 0 Å². The van der Waals surface area contributed by atoms with Gasteiger partial charge in [0.15, 0.2) is 0 Å². The average Bonchev–Trinajstić information content (AvgIpc) is 2.67. The molecule has 1 aromatic carbocycles. The summed E-state index contributed by atoms with van der Waals surface area (Å²) in [5, 5.41) is 14.6. The first kappa shape index (κ1) is 13.1. The first-order valence-electron chi connectivity index (χ1n) is 5.89. The molecule has 0 aliphatic carbocycles. The lowest BCUT2D eigenvalue weighted by Crippen LogP contribution is -2.23. The Morgan fingerprint density at radius 1 is 1.22 bits per heavy atom. The molecule has 0 amide bonds. The van der Waals surface area contributed by atoms with E-state index in [1.54, 1.807) is 4.68 Å². The molecule has 0 radical (unpaired) electrons. The van der Waals surface area contributed by atoms with Crippen molar-refractivity contribution < 1.29 is 5.11 Å². The molecular formula is C14H17ClN2O. The van der Waals surface area contributed by atoms with Crippen molar-refractivity contribution in [3.63, 3.8) is 0 Å². The highest BCUT2D eigenvalue weighted by molar-refractivity contribution is 6.30. The van der Waals surface area contributed by atoms with Crippen LogP contribution in [0.4, 0.5) is 0 Å². The monoisotopic (exact) mass is 264 g/mol. The van der Waals surface area contributed by atoms with Crippen LogP contribution in [0.2, 0.25) is 5.15 Å². The van der Waals surface area contributed by atoms with Crippen LogP contribution >= 0.6 is 11.6 Å². The topological polar surface area (TPSA) is 38.0 Å². The Kier molecular flexibility index (Phi) is 3.46. The van der Waals surface area contributed by atoms with Gasteiger partial charge in [-0.25, -0.2) is 4.68 Å². The molecule has 0 unspecified atom stereocenters. The zero-order valence-electron chi connectivity index (χ0n) is 10.8. The van der Waals surface area contributed by atoms with E-state index < -0.39 is 0 Å². The van der Waals surface area contributed by atoms with Crippen molar-refractivity contribution in [3.8, 4) is 11.3 Å². The molecule has 0 atom stereocenters. The number of rotatable bonds is 2. The van der Waals surface area contributed by atoms with Gasteiger partial charge in [0.25, 0.3) is 0 Å². The molecule has 0 aliphatic rings. The minimum absolute atomic E-state index is 0.112. The molecule has 4 heteroatoms. The fourth-order valence-corrected chi connectivity index (χ4v) is 2.28. The summed E-state index contributed by atoms with van der Waals surface area (Å²) >= 11 is 6.30. The molecule has 0 bridgehead atoms. The van der Waals surface area contributed by atoms with Gasteiger partial charge < -0.3 is 5.11 Å². The molecule has 3 nitrogen and oxygen atoms in total. The Morgan fingerprint density at radius 3 is 2.33 bits per heavy atom. The normalized spacial score (nSPS) is 11.8. The second-order valence-electron chi connectivity index (χ2n) is 5.22. The average molecular weight is 265 g/mol. The number of aliphatic hydroxyl groups excluding tert-OH is 1. The Balaban J connectivity index is 2.62. The van der Waals surface area contributed by atoms with E-state index in [9.17, 15) is 5.11 Å². The van der Waals surface area contributed by atoms with E-state index in [0.29, 0.717) is 10.7 Å². The molecule has 0 saturated carbocycles. The van der Waals surface area contributed by atoms with Crippen LogP contribution in [0.25, 0.3) is 11.3 Å². The molecule has 2 rings (SSSR count). The molecule has 1 N–H and O–H groups in total. The fraction of sp³-hybridized carbons (Fsp3) is 0.357. The van der Waals surface area contributed by atoms with Crippen molar-refractivity contribution in [3.05, 3.63) is 41.0 Å². The van der Waals surface area contributed by atoms with Gasteiger partial charge in [-0.2, -0.15) is 5.10 Å². The van der Waals surface area contributed by atoms with Crippen LogP contribution in [0.3, 0.4) is 0 Å². The molecule has 1 heterocycles. The molecule has 0 saturated heterocycles. The predicted molar refractivity (Wildman–Crippen MR) is 73.6 cm³/mol. The Bertz CT molecular complexity index is 541. The largest absolute Gasteiger partial charge is 0.391 e. The third-order valence-corrected chi connectivity index (χ3v) is 3.15. The Hall–Kier alpha value is -1.32. The highest BCUT2D eigenvalue weighted by Crippen LogP contribution is 2.32. The second-order valence-corrected chi connectivity index (χ2v) is 5.58. The second kappa shape index (κ2) is 4.75. The van der Waals surface area contributed by atoms with Crippen molar-refractivity contribution in [2.24, 2.45) is 0 Å². The molecule has 0 fully saturated rings. The maximum absolute atomic E-state index is 9.50. The smallest absolute Gasteiger partial charge is 0.133 e. The quantitative estimate of drug-likeness (QED) is 0.902. The maximum atomic E-state index is 9.50. The molecule has 0 aliphatic heterocycles. The summed E-state index contributed by atoms with van der Waals surface area (Å²) < 4.78 is 1.75. The Labute approximate surface area is 112 Å². The van der Waals surface area contributed by atoms with Gasteiger partial charge in [-0.05, 0) is 20.8 Å². The van der Waals surface area contributed by atoms with Crippen LogP contribution < -0.4 is 0 Å². The summed E-state index contributed by atoms with van der Waals surface area (Å²) in [6.07, 6.45) is 0. The zero-order valence-corrected chi connectivity index (χ0v) is 11.6. The highest BCUT2D eigenvalue weighted by atomic mass is 35.5. The molecule has 96 valence electrons. The van der Waals surface area contributed by atoms with Gasteiger partial charge in [-0.3, -0.25) is 0 Å². The minimum Gasteiger partial charge on any atom is -0.391 e. The number of benzene rings is 1. The summed E-state index contributed by atoms with van der Waals surface area (Å²) in [6, 6.07) is 9.77. The zero-order chi connectivity index (χ0) is 13.3. The van der Waals surface area contributed by atoms with Crippen molar-refractivity contribution in [1.82, 2.24) is 9.78 Å². The summed E-state index contributed by atoms with van der Waals surface area (Å²) in [4.78, 5) is 0. The van der Waals surface area contributed by atoms with Gasteiger partial charge >= 0.3 is 0 Å². The molecule has 0 spiro atoms. The van der Waals surface area contributed by atoms with Crippen molar-refractivity contribution in [2.75, 3.05) is 0 Å². The van der Waals surface area contributed by atoms with Crippen LogP contribution in [0.1, 0.15) is 26.3 Å². The number of hydrogen-bond donors (Lipinski definition) is 1. The number of hydrogen-bond acceptors (Lipinski definition) is 2. The number of halogens is 1. The Morgan fingerprint density at radius 2 is 1.83 bits per heavy atom. The van der Waals surface area contributed by atoms with Crippen molar-refractivity contribution in [1.29, 1.82) is 0 Å². The number of aliphatic hydroxyl groups is 1. The van der Waals surface area contributed by atoms with Crippen molar-refractivity contribution in [2.45, 2.75) is 32.9 Å². The van der Waals surface area contributed by atoms with E-state index in [-0.39, 0.29) is 12.1 Å². The fourth-order valence-electron chi connectivity index (χ4n) is 1.84. The predicted octanol–water partition coefficient (Wildman–Crippen LogP) is 3.45. The van der Waals surface area contributed by atoms with Crippen LogP contribution in [-0.2, 0) is 12.1 Å². The summed E-state index contributed by atoms with van der Waals surface area (Å²) in [5.41, 5.74) is 2.18. The summed E-state index contributed by atoms with van der Waals surface area (Å²) in [6.45, 7) is 5.98. The van der Waals surface area contributed by atoms with E-state index in [4.69, 9.17) is 11.6 Å². The van der Waals surface area contributed by atoms with Crippen molar-refractivity contribution >= 4 is 11.6 Å². The number of nitrogens with zero attached hydrogens (tertiary/aromatic N) is 2. The molecule has 18 heavy (non-hydrogen) atoms. The van der Waals surface area contributed by atoms with Gasteiger partial charge in [-0.1, -0.05) is 41.9 Å². The highest BCUT2D eigenvalue weighted by Gasteiger charge is 2.23. The standard InChI is InChI=1S/C14H17ClN2O/c1-14(2,3)17-13(15)11(9-18)12(16-17)10-7-5-4-6-8-10/h4-8,18H,9H2,1-3H3. The lowest BCUT2D eigenvalue weighted by atomic mass is 10.1. The molecule has 1 aromatic heterocycles. The first-order valence-corrected chi connectivity index (χ1v) is 6.27. The third kappa shape index (κ3) is 2.28. The lowest BCUT2D eigenvalue weighted by Gasteiger charge is -2.20. The minimum atomic E-state index is -0.214. The SMILES string of the molecule is CC(C)(C)n1nc(-c2ccccc2)c(CO)c1Cl. The van der Waals surface area contributed by atoms with Gasteiger partial charge in [0, 0.05) is 11.1 Å². The third-order valence-electron chi connectivity index (χ3n) is 2.76. The van der Waals surface area contributed by atoms with Crippen LogP contribution in [0.15, 0.2) is 30.3 Å². The van der Waals surface area contributed by atoms with E-state index in [0.717, 1.165) is 11.3 Å². The van der Waals surface area contributed by atoms with Gasteiger partial charge in [-0.15, -0.1) is 0 Å². The van der Waals surface area contributed by atoms with Crippen LogP contribution in [0.5, 0.6) is 0 Å². The lowest BCUT2D eigenvalue weighted by molar-refractivity contribution is 0.281. The maximum Gasteiger partial charge on any atom is 0.133 e. The molecular weight excluding hydrogens is 248 g/mol. The van der Waals surface area contributed by atoms with Crippen LogP contribution in [0, 0.1) is 0 Å². The first-order chi connectivity index (χ1) is 8.45. The number of aromatic nitrogens is 2. The van der Waals surface area contributed by atoms with E-state index in [1.165, 1.54) is 0 Å². The summed E-state index contributed by atoms with van der Waals surface area (Å²) in [7, 11) is 0. The van der Waals surface area contributed by atoms with Gasteiger partial charge in [0.05, 0.1) is 17.8 Å².